The van der Waals surface area contributed by atoms with Gasteiger partial charge >= 0.3 is 22.7 Å². The van der Waals surface area contributed by atoms with E-state index in [1.54, 1.807) is 27.7 Å². The van der Waals surface area contributed by atoms with Gasteiger partial charge in [-0.05, 0) is 58.3 Å². The summed E-state index contributed by atoms with van der Waals surface area (Å²) in [6.07, 6.45) is 0. The van der Waals surface area contributed by atoms with Gasteiger partial charge in [0.05, 0.1) is 16.9 Å². The van der Waals surface area contributed by atoms with E-state index in [1.165, 1.54) is 6.92 Å². The first-order valence-electron chi connectivity index (χ1n) is 7.87. The maximum absolute atomic E-state index is 14.0. The van der Waals surface area contributed by atoms with E-state index in [2.05, 4.69) is 0 Å². The zero-order valence-electron chi connectivity index (χ0n) is 15.0. The number of halogens is 4. The molecule has 1 aliphatic heterocycles. The minimum atomic E-state index is -5.66. The van der Waals surface area contributed by atoms with Crippen molar-refractivity contribution < 1.29 is 35.3 Å². The molecule has 0 aromatic heterocycles. The van der Waals surface area contributed by atoms with Crippen LogP contribution in [0.25, 0.3) is 0 Å². The first-order valence-corrected chi connectivity index (χ1v) is 9.31. The zero-order chi connectivity index (χ0) is 20.1. The van der Waals surface area contributed by atoms with E-state index in [4.69, 9.17) is 9.31 Å². The fraction of sp³-hybridized carbons (Fsp3) is 0.600. The highest BCUT2D eigenvalue weighted by Crippen LogP contribution is 2.37. The molecule has 0 unspecified atom stereocenters. The van der Waals surface area contributed by atoms with Crippen molar-refractivity contribution in [2.75, 3.05) is 10.8 Å². The third-order valence-corrected chi connectivity index (χ3v) is 6.22. The van der Waals surface area contributed by atoms with Crippen LogP contribution in [-0.2, 0) is 19.3 Å². The lowest BCUT2D eigenvalue weighted by Gasteiger charge is -2.32. The Balaban J connectivity index is 2.48. The van der Waals surface area contributed by atoms with Crippen LogP contribution in [0.3, 0.4) is 0 Å². The molecule has 1 aromatic carbocycles. The van der Waals surface area contributed by atoms with Crippen LogP contribution in [0, 0.1) is 5.82 Å². The van der Waals surface area contributed by atoms with Gasteiger partial charge in [0.15, 0.2) is 0 Å². The first-order chi connectivity index (χ1) is 11.6. The van der Waals surface area contributed by atoms with Crippen molar-refractivity contribution in [1.82, 2.24) is 0 Å². The predicted molar refractivity (Wildman–Crippen MR) is 90.1 cm³/mol. The Kier molecular flexibility index (Phi) is 5.15. The summed E-state index contributed by atoms with van der Waals surface area (Å²) in [4.78, 5) is 0. The van der Waals surface area contributed by atoms with Gasteiger partial charge in [-0.1, -0.05) is 0 Å². The molecule has 0 aliphatic carbocycles. The van der Waals surface area contributed by atoms with Gasteiger partial charge in [0.2, 0.25) is 0 Å². The van der Waals surface area contributed by atoms with Crippen LogP contribution in [0.4, 0.5) is 23.2 Å². The van der Waals surface area contributed by atoms with Crippen molar-refractivity contribution in [3.05, 3.63) is 24.0 Å². The Morgan fingerprint density at radius 1 is 1.08 bits per heavy atom. The van der Waals surface area contributed by atoms with Crippen LogP contribution in [0.5, 0.6) is 0 Å². The molecular weight excluding hydrogens is 377 g/mol. The average molecular weight is 397 g/mol. The monoisotopic (exact) mass is 397 g/mol. The summed E-state index contributed by atoms with van der Waals surface area (Å²) in [7, 11) is -6.70. The Morgan fingerprint density at radius 2 is 1.58 bits per heavy atom. The number of benzene rings is 1. The van der Waals surface area contributed by atoms with Crippen molar-refractivity contribution >= 4 is 28.3 Å². The van der Waals surface area contributed by atoms with Gasteiger partial charge in [-0.15, -0.1) is 0 Å². The highest BCUT2D eigenvalue weighted by Gasteiger charge is 2.53. The van der Waals surface area contributed by atoms with Gasteiger partial charge in [-0.3, -0.25) is 4.31 Å². The number of sulfonamides is 1. The molecular formula is C15H20BF4NO4S. The average Bonchev–Trinajstić information content (AvgIpc) is 2.66. The highest BCUT2D eigenvalue weighted by atomic mass is 32.2. The summed E-state index contributed by atoms with van der Waals surface area (Å²) in [5.74, 6) is -0.900. The van der Waals surface area contributed by atoms with Gasteiger partial charge in [0.25, 0.3) is 0 Å². The number of hydrogen-bond acceptors (Lipinski definition) is 4. The summed E-state index contributed by atoms with van der Waals surface area (Å²) in [6.45, 7) is 7.76. The van der Waals surface area contributed by atoms with Gasteiger partial charge < -0.3 is 9.31 Å². The fourth-order valence-corrected chi connectivity index (χ4v) is 3.44. The van der Waals surface area contributed by atoms with Crippen molar-refractivity contribution in [3.63, 3.8) is 0 Å². The van der Waals surface area contributed by atoms with Crippen LogP contribution in [0.1, 0.15) is 34.6 Å². The molecule has 0 N–H and O–H groups in total. The minimum Gasteiger partial charge on any atom is -0.399 e. The molecule has 2 rings (SSSR count). The number of alkyl halides is 3. The van der Waals surface area contributed by atoms with E-state index in [9.17, 15) is 26.0 Å². The highest BCUT2D eigenvalue weighted by molar-refractivity contribution is 7.93. The summed E-state index contributed by atoms with van der Waals surface area (Å²) in [5.41, 5.74) is -7.34. The van der Waals surface area contributed by atoms with Crippen molar-refractivity contribution in [2.24, 2.45) is 0 Å². The summed E-state index contributed by atoms with van der Waals surface area (Å²) in [5, 5.41) is 0. The van der Waals surface area contributed by atoms with E-state index in [0.29, 0.717) is 0 Å². The maximum Gasteiger partial charge on any atom is 0.516 e. The molecule has 0 atom stereocenters. The molecule has 0 amide bonds. The summed E-state index contributed by atoms with van der Waals surface area (Å²) in [6, 6.07) is 2.89. The summed E-state index contributed by atoms with van der Waals surface area (Å²) < 4.78 is 87.8. The molecule has 1 saturated heterocycles. The molecule has 0 radical (unpaired) electrons. The van der Waals surface area contributed by atoms with Gasteiger partial charge in [-0.2, -0.15) is 21.6 Å². The van der Waals surface area contributed by atoms with E-state index in [0.717, 1.165) is 18.2 Å². The number of hydrogen-bond donors (Lipinski definition) is 0. The number of nitrogens with zero attached hydrogens (tertiary/aromatic N) is 1. The minimum absolute atomic E-state index is 0.0921. The van der Waals surface area contributed by atoms with E-state index in [-0.39, 0.29) is 9.77 Å². The van der Waals surface area contributed by atoms with Crippen LogP contribution >= 0.6 is 0 Å². The molecule has 0 bridgehead atoms. The third-order valence-electron chi connectivity index (χ3n) is 4.59. The molecule has 146 valence electrons. The molecule has 26 heavy (non-hydrogen) atoms. The second-order valence-corrected chi connectivity index (χ2v) is 8.80. The lowest BCUT2D eigenvalue weighted by atomic mass is 9.79. The first kappa shape index (κ1) is 21.0. The van der Waals surface area contributed by atoms with Crippen molar-refractivity contribution in [3.8, 4) is 0 Å². The Labute approximate surface area is 150 Å². The molecule has 0 spiro atoms. The van der Waals surface area contributed by atoms with Gasteiger partial charge in [0, 0.05) is 6.54 Å². The number of anilines is 1. The zero-order valence-corrected chi connectivity index (χ0v) is 15.8. The molecule has 11 heteroatoms. The van der Waals surface area contributed by atoms with Crippen LogP contribution in [-0.4, -0.2) is 38.8 Å². The largest absolute Gasteiger partial charge is 0.516 e. The van der Waals surface area contributed by atoms with E-state index < -0.39 is 51.9 Å². The third kappa shape index (κ3) is 3.56. The Hall–Kier alpha value is -1.33. The smallest absolute Gasteiger partial charge is 0.399 e. The quantitative estimate of drug-likeness (QED) is 0.579. The normalized spacial score (nSPS) is 19.7. The van der Waals surface area contributed by atoms with Gasteiger partial charge in [0.1, 0.15) is 5.82 Å². The van der Waals surface area contributed by atoms with Crippen LogP contribution in [0.2, 0.25) is 0 Å². The second-order valence-electron chi connectivity index (χ2n) is 6.95. The van der Waals surface area contributed by atoms with Gasteiger partial charge in [-0.25, -0.2) is 4.39 Å². The van der Waals surface area contributed by atoms with Crippen molar-refractivity contribution in [1.29, 1.82) is 0 Å². The Bertz CT molecular complexity index is 779. The van der Waals surface area contributed by atoms with Crippen LogP contribution < -0.4 is 9.77 Å². The Morgan fingerprint density at radius 3 is 2.00 bits per heavy atom. The lowest BCUT2D eigenvalue weighted by molar-refractivity contribution is -0.0438. The predicted octanol–water partition coefficient (Wildman–Crippen LogP) is 2.80. The molecule has 0 saturated carbocycles. The molecule has 5 nitrogen and oxygen atoms in total. The topological polar surface area (TPSA) is 55.8 Å². The lowest BCUT2D eigenvalue weighted by Crippen LogP contribution is -2.42. The van der Waals surface area contributed by atoms with Crippen molar-refractivity contribution in [2.45, 2.75) is 51.3 Å². The van der Waals surface area contributed by atoms with Crippen LogP contribution in [0.15, 0.2) is 18.2 Å². The SMILES string of the molecule is CCN(c1cc(F)cc(B2OC(C)(C)C(C)(C)O2)c1)S(=O)(=O)C(F)(F)F. The molecule has 1 fully saturated rings. The second kappa shape index (κ2) is 6.38. The van der Waals surface area contributed by atoms with E-state index >= 15 is 0 Å². The standard InChI is InChI=1S/C15H20BF4NO4S/c1-6-21(26(22,23)15(18,19)20)12-8-10(7-11(17)9-12)16-24-13(2,3)14(4,5)25-16/h7-9H,6H2,1-5H3. The molecule has 1 aliphatic rings. The fourth-order valence-electron chi connectivity index (χ4n) is 2.47. The maximum atomic E-state index is 14.0. The van der Waals surface area contributed by atoms with E-state index in [1.807, 2.05) is 0 Å². The number of rotatable bonds is 4. The summed E-state index contributed by atoms with van der Waals surface area (Å²) >= 11 is 0. The molecule has 1 heterocycles. The molecule has 1 aromatic rings.